The van der Waals surface area contributed by atoms with Gasteiger partial charge in [0.25, 0.3) is 5.91 Å². The van der Waals surface area contributed by atoms with E-state index in [9.17, 15) is 9.59 Å². The van der Waals surface area contributed by atoms with Gasteiger partial charge in [-0.3, -0.25) is 9.59 Å². The Hall–Kier alpha value is -2.56. The standard InChI is InChI=1S/C17H19NO4/c1-10(2)12-5-4-6-13(9-12)14-7-8-15(22-14)16(19)18-11(3)17(20)21/h4-11H,1-3H3,(H,18,19)(H,20,21)/t11-/m1/s1. The molecule has 0 fully saturated rings. The molecule has 0 aliphatic rings. The van der Waals surface area contributed by atoms with Gasteiger partial charge >= 0.3 is 5.97 Å². The second-order valence-corrected chi connectivity index (χ2v) is 5.48. The van der Waals surface area contributed by atoms with E-state index in [1.165, 1.54) is 12.5 Å². The Bertz CT molecular complexity index is 687. The average molecular weight is 301 g/mol. The smallest absolute Gasteiger partial charge is 0.325 e. The molecule has 0 spiro atoms. The molecule has 0 saturated heterocycles. The van der Waals surface area contributed by atoms with Gasteiger partial charge in [-0.2, -0.15) is 0 Å². The molecule has 2 N–H and O–H groups in total. The second kappa shape index (κ2) is 6.47. The number of carboxylic acid groups (broad SMARTS) is 1. The maximum Gasteiger partial charge on any atom is 0.325 e. The summed E-state index contributed by atoms with van der Waals surface area (Å²) in [6, 6.07) is 10.2. The fourth-order valence-corrected chi connectivity index (χ4v) is 2.00. The zero-order valence-electron chi connectivity index (χ0n) is 12.8. The number of furan rings is 1. The molecule has 0 saturated carbocycles. The SMILES string of the molecule is CC(C)c1cccc(-c2ccc(C(=O)N[C@H](C)C(=O)O)o2)c1. The first-order valence-corrected chi connectivity index (χ1v) is 7.12. The summed E-state index contributed by atoms with van der Waals surface area (Å²) in [6.45, 7) is 5.61. The van der Waals surface area contributed by atoms with Gasteiger partial charge in [0.2, 0.25) is 0 Å². The topological polar surface area (TPSA) is 79.5 Å². The third-order valence-electron chi connectivity index (χ3n) is 3.39. The molecular weight excluding hydrogens is 282 g/mol. The van der Waals surface area contributed by atoms with Crippen LogP contribution in [0.3, 0.4) is 0 Å². The molecule has 0 aliphatic heterocycles. The summed E-state index contributed by atoms with van der Waals surface area (Å²) in [5, 5.41) is 11.2. The molecule has 5 nitrogen and oxygen atoms in total. The molecule has 2 rings (SSSR count). The van der Waals surface area contributed by atoms with Crippen LogP contribution in [0.4, 0.5) is 0 Å². The first kappa shape index (κ1) is 15.8. The van der Waals surface area contributed by atoms with E-state index in [0.717, 1.165) is 5.56 Å². The van der Waals surface area contributed by atoms with Gasteiger partial charge in [0, 0.05) is 5.56 Å². The highest BCUT2D eigenvalue weighted by Gasteiger charge is 2.18. The Labute approximate surface area is 129 Å². The largest absolute Gasteiger partial charge is 0.480 e. The Morgan fingerprint density at radius 1 is 1.14 bits per heavy atom. The third-order valence-corrected chi connectivity index (χ3v) is 3.39. The number of rotatable bonds is 5. The summed E-state index contributed by atoms with van der Waals surface area (Å²) in [5.74, 6) is -0.561. The lowest BCUT2D eigenvalue weighted by Crippen LogP contribution is -2.38. The van der Waals surface area contributed by atoms with E-state index in [-0.39, 0.29) is 5.76 Å². The van der Waals surface area contributed by atoms with Crippen molar-refractivity contribution in [3.8, 4) is 11.3 Å². The highest BCUT2D eigenvalue weighted by Crippen LogP contribution is 2.25. The van der Waals surface area contributed by atoms with Crippen molar-refractivity contribution in [2.45, 2.75) is 32.7 Å². The Morgan fingerprint density at radius 2 is 1.86 bits per heavy atom. The number of carbonyl (C=O) groups is 2. The van der Waals surface area contributed by atoms with Crippen molar-refractivity contribution in [2.75, 3.05) is 0 Å². The van der Waals surface area contributed by atoms with E-state index in [1.807, 2.05) is 24.3 Å². The minimum absolute atomic E-state index is 0.0954. The van der Waals surface area contributed by atoms with Gasteiger partial charge in [0.1, 0.15) is 11.8 Å². The lowest BCUT2D eigenvalue weighted by Gasteiger charge is -2.07. The molecule has 0 unspecified atom stereocenters. The first-order chi connectivity index (χ1) is 10.4. The van der Waals surface area contributed by atoms with Gasteiger partial charge in [-0.15, -0.1) is 0 Å². The zero-order chi connectivity index (χ0) is 16.3. The number of carboxylic acids is 1. The number of benzene rings is 1. The normalized spacial score (nSPS) is 12.2. The zero-order valence-corrected chi connectivity index (χ0v) is 12.8. The number of nitrogens with one attached hydrogen (secondary N) is 1. The Balaban J connectivity index is 2.19. The minimum atomic E-state index is -1.09. The van der Waals surface area contributed by atoms with Gasteiger partial charge in [-0.05, 0) is 36.6 Å². The average Bonchev–Trinajstić information content (AvgIpc) is 2.97. The highest BCUT2D eigenvalue weighted by molar-refractivity contribution is 5.94. The fourth-order valence-electron chi connectivity index (χ4n) is 2.00. The van der Waals surface area contributed by atoms with Crippen LogP contribution in [0.5, 0.6) is 0 Å². The summed E-state index contributed by atoms with van der Waals surface area (Å²) in [7, 11) is 0. The third kappa shape index (κ3) is 3.55. The van der Waals surface area contributed by atoms with Crippen LogP contribution in [0, 0.1) is 0 Å². The van der Waals surface area contributed by atoms with Crippen LogP contribution in [0.2, 0.25) is 0 Å². The van der Waals surface area contributed by atoms with Crippen LogP contribution in [-0.4, -0.2) is 23.0 Å². The van der Waals surface area contributed by atoms with E-state index >= 15 is 0 Å². The molecule has 0 aliphatic carbocycles. The highest BCUT2D eigenvalue weighted by atomic mass is 16.4. The van der Waals surface area contributed by atoms with Gasteiger partial charge in [0.15, 0.2) is 5.76 Å². The monoisotopic (exact) mass is 301 g/mol. The summed E-state index contributed by atoms with van der Waals surface area (Å²) in [4.78, 5) is 22.7. The molecule has 0 bridgehead atoms. The molecule has 22 heavy (non-hydrogen) atoms. The van der Waals surface area contributed by atoms with Crippen LogP contribution in [-0.2, 0) is 4.79 Å². The van der Waals surface area contributed by atoms with Crippen LogP contribution in [0.25, 0.3) is 11.3 Å². The predicted octanol–water partition coefficient (Wildman–Crippen LogP) is 3.27. The van der Waals surface area contributed by atoms with E-state index in [1.54, 1.807) is 12.1 Å². The molecule has 5 heteroatoms. The van der Waals surface area contributed by atoms with Gasteiger partial charge in [-0.25, -0.2) is 0 Å². The maximum atomic E-state index is 11.9. The lowest BCUT2D eigenvalue weighted by atomic mass is 10.0. The first-order valence-electron chi connectivity index (χ1n) is 7.12. The van der Waals surface area contributed by atoms with E-state index in [0.29, 0.717) is 11.7 Å². The van der Waals surface area contributed by atoms with Crippen molar-refractivity contribution >= 4 is 11.9 Å². The van der Waals surface area contributed by atoms with Crippen molar-refractivity contribution in [3.05, 3.63) is 47.7 Å². The summed E-state index contributed by atoms with van der Waals surface area (Å²) in [6.07, 6.45) is 0. The quantitative estimate of drug-likeness (QED) is 0.888. The molecule has 0 radical (unpaired) electrons. The number of carbonyl (C=O) groups excluding carboxylic acids is 1. The Kier molecular flexibility index (Phi) is 4.65. The summed E-state index contributed by atoms with van der Waals surface area (Å²) in [5.41, 5.74) is 2.07. The molecule has 1 atom stereocenters. The summed E-state index contributed by atoms with van der Waals surface area (Å²) < 4.78 is 5.54. The molecule has 2 aromatic rings. The van der Waals surface area contributed by atoms with Crippen LogP contribution in [0.1, 0.15) is 42.8 Å². The number of amides is 1. The van der Waals surface area contributed by atoms with Crippen LogP contribution in [0.15, 0.2) is 40.8 Å². The van der Waals surface area contributed by atoms with Crippen molar-refractivity contribution in [1.82, 2.24) is 5.32 Å². The van der Waals surface area contributed by atoms with E-state index in [4.69, 9.17) is 9.52 Å². The van der Waals surface area contributed by atoms with Crippen molar-refractivity contribution in [1.29, 1.82) is 0 Å². The maximum absolute atomic E-state index is 11.9. The van der Waals surface area contributed by atoms with Crippen molar-refractivity contribution in [3.63, 3.8) is 0 Å². The van der Waals surface area contributed by atoms with E-state index in [2.05, 4.69) is 19.2 Å². The van der Waals surface area contributed by atoms with Crippen LogP contribution >= 0.6 is 0 Å². The number of hydrogen-bond acceptors (Lipinski definition) is 3. The predicted molar refractivity (Wildman–Crippen MR) is 82.8 cm³/mol. The number of aliphatic carboxylic acids is 1. The van der Waals surface area contributed by atoms with Crippen molar-refractivity contribution < 1.29 is 19.1 Å². The Morgan fingerprint density at radius 3 is 2.50 bits per heavy atom. The van der Waals surface area contributed by atoms with Gasteiger partial charge in [0.05, 0.1) is 0 Å². The molecule has 1 aromatic carbocycles. The number of hydrogen-bond donors (Lipinski definition) is 2. The van der Waals surface area contributed by atoms with Gasteiger partial charge in [-0.1, -0.05) is 32.0 Å². The van der Waals surface area contributed by atoms with Crippen molar-refractivity contribution in [2.24, 2.45) is 0 Å². The minimum Gasteiger partial charge on any atom is -0.480 e. The molecular formula is C17H19NO4. The fraction of sp³-hybridized carbons (Fsp3) is 0.294. The van der Waals surface area contributed by atoms with Gasteiger partial charge < -0.3 is 14.8 Å². The lowest BCUT2D eigenvalue weighted by molar-refractivity contribution is -0.138. The molecule has 1 aromatic heterocycles. The van der Waals surface area contributed by atoms with E-state index < -0.39 is 17.9 Å². The second-order valence-electron chi connectivity index (χ2n) is 5.48. The molecule has 116 valence electrons. The van der Waals surface area contributed by atoms with Crippen LogP contribution < -0.4 is 5.32 Å². The molecule has 1 heterocycles. The summed E-state index contributed by atoms with van der Waals surface area (Å²) >= 11 is 0. The molecule has 1 amide bonds.